The second-order valence-corrected chi connectivity index (χ2v) is 7.12. The number of hydrogen-bond donors (Lipinski definition) is 1. The normalized spacial score (nSPS) is 11.3. The zero-order valence-corrected chi connectivity index (χ0v) is 14.2. The molecule has 2 aromatic rings. The molecular weight excluding hydrogens is 338 g/mol. The van der Waals surface area contributed by atoms with Crippen molar-refractivity contribution in [2.45, 2.75) is 18.4 Å². The van der Waals surface area contributed by atoms with E-state index in [9.17, 15) is 13.2 Å². The Bertz CT molecular complexity index is 834. The van der Waals surface area contributed by atoms with E-state index in [0.29, 0.717) is 0 Å². The van der Waals surface area contributed by atoms with E-state index in [1.165, 1.54) is 25.3 Å². The van der Waals surface area contributed by atoms with Crippen molar-refractivity contribution in [1.29, 1.82) is 0 Å². The predicted octanol–water partition coefficient (Wildman–Crippen LogP) is 2.91. The Morgan fingerprint density at radius 1 is 1.22 bits per heavy atom. The standard InChI is InChI=1S/C16H16ClNO4S/c1-11-4-3-5-12(8-11)10-18-23(20,21)13-6-7-15(17)14(9-13)16(19)22-2/h3-9,18H,10H2,1-2H3. The van der Waals surface area contributed by atoms with Crippen LogP contribution in [-0.2, 0) is 21.3 Å². The first kappa shape index (κ1) is 17.5. The van der Waals surface area contributed by atoms with Crippen LogP contribution in [0.3, 0.4) is 0 Å². The van der Waals surface area contributed by atoms with Gasteiger partial charge in [-0.05, 0) is 30.7 Å². The molecule has 2 rings (SSSR count). The van der Waals surface area contributed by atoms with Crippen LogP contribution in [0.25, 0.3) is 0 Å². The molecule has 0 aromatic heterocycles. The Labute approximate surface area is 140 Å². The molecule has 0 fully saturated rings. The zero-order chi connectivity index (χ0) is 17.0. The Hall–Kier alpha value is -1.89. The molecule has 23 heavy (non-hydrogen) atoms. The lowest BCUT2D eigenvalue weighted by molar-refractivity contribution is 0.0600. The Balaban J connectivity index is 2.24. The summed E-state index contributed by atoms with van der Waals surface area (Å²) >= 11 is 5.89. The highest BCUT2D eigenvalue weighted by molar-refractivity contribution is 7.89. The van der Waals surface area contributed by atoms with Gasteiger partial charge in [0.15, 0.2) is 0 Å². The average molecular weight is 354 g/mol. The predicted molar refractivity (Wildman–Crippen MR) is 88.0 cm³/mol. The molecule has 7 heteroatoms. The van der Waals surface area contributed by atoms with Crippen molar-refractivity contribution >= 4 is 27.6 Å². The highest BCUT2D eigenvalue weighted by Gasteiger charge is 2.19. The molecule has 0 saturated carbocycles. The van der Waals surface area contributed by atoms with Gasteiger partial charge in [-0.2, -0.15) is 0 Å². The molecule has 0 amide bonds. The van der Waals surface area contributed by atoms with Crippen molar-refractivity contribution in [3.05, 3.63) is 64.2 Å². The number of rotatable bonds is 5. The lowest BCUT2D eigenvalue weighted by Crippen LogP contribution is -2.23. The van der Waals surface area contributed by atoms with Gasteiger partial charge in [0.05, 0.1) is 22.6 Å². The van der Waals surface area contributed by atoms with Crippen molar-refractivity contribution in [1.82, 2.24) is 4.72 Å². The van der Waals surface area contributed by atoms with E-state index in [4.69, 9.17) is 11.6 Å². The Kier molecular flexibility index (Phi) is 5.41. The summed E-state index contributed by atoms with van der Waals surface area (Å²) in [7, 11) is -2.56. The van der Waals surface area contributed by atoms with E-state index in [2.05, 4.69) is 9.46 Å². The maximum atomic E-state index is 12.4. The van der Waals surface area contributed by atoms with Gasteiger partial charge in [-0.15, -0.1) is 0 Å². The summed E-state index contributed by atoms with van der Waals surface area (Å²) in [6.07, 6.45) is 0. The second-order valence-electron chi connectivity index (χ2n) is 4.95. The molecule has 1 N–H and O–H groups in total. The number of aryl methyl sites for hydroxylation is 1. The molecule has 0 atom stereocenters. The second kappa shape index (κ2) is 7.12. The third kappa shape index (κ3) is 4.31. The topological polar surface area (TPSA) is 72.5 Å². The summed E-state index contributed by atoms with van der Waals surface area (Å²) in [5.41, 5.74) is 1.89. The average Bonchev–Trinajstić information content (AvgIpc) is 2.52. The fourth-order valence-electron chi connectivity index (χ4n) is 2.02. The van der Waals surface area contributed by atoms with Crippen molar-refractivity contribution in [3.63, 3.8) is 0 Å². The van der Waals surface area contributed by atoms with Crippen LogP contribution in [0.4, 0.5) is 0 Å². The quantitative estimate of drug-likeness (QED) is 0.839. The van der Waals surface area contributed by atoms with Crippen LogP contribution in [0.2, 0.25) is 5.02 Å². The highest BCUT2D eigenvalue weighted by atomic mass is 35.5. The number of methoxy groups -OCH3 is 1. The van der Waals surface area contributed by atoms with Gasteiger partial charge in [0, 0.05) is 6.54 Å². The third-order valence-corrected chi connectivity index (χ3v) is 4.93. The summed E-state index contributed by atoms with van der Waals surface area (Å²) in [6, 6.07) is 11.4. The minimum atomic E-state index is -3.77. The van der Waals surface area contributed by atoms with Crippen LogP contribution < -0.4 is 4.72 Å². The number of halogens is 1. The largest absolute Gasteiger partial charge is 0.465 e. The summed E-state index contributed by atoms with van der Waals surface area (Å²) in [5.74, 6) is -0.689. The van der Waals surface area contributed by atoms with Crippen molar-refractivity contribution < 1.29 is 17.9 Å². The fourth-order valence-corrected chi connectivity index (χ4v) is 3.26. The van der Waals surface area contributed by atoms with Crippen molar-refractivity contribution in [2.24, 2.45) is 0 Å². The Morgan fingerprint density at radius 2 is 1.96 bits per heavy atom. The molecule has 122 valence electrons. The van der Waals surface area contributed by atoms with E-state index >= 15 is 0 Å². The van der Waals surface area contributed by atoms with E-state index in [1.54, 1.807) is 0 Å². The molecule has 0 spiro atoms. The molecule has 0 radical (unpaired) electrons. The SMILES string of the molecule is COC(=O)c1cc(S(=O)(=O)NCc2cccc(C)c2)ccc1Cl. The van der Waals surface area contributed by atoms with Gasteiger partial charge in [-0.25, -0.2) is 17.9 Å². The molecule has 2 aromatic carbocycles. The molecular formula is C16H16ClNO4S. The lowest BCUT2D eigenvalue weighted by Gasteiger charge is -2.09. The molecule has 0 heterocycles. The van der Waals surface area contributed by atoms with Crippen LogP contribution in [0.5, 0.6) is 0 Å². The maximum Gasteiger partial charge on any atom is 0.339 e. The summed E-state index contributed by atoms with van der Waals surface area (Å²) < 4.78 is 31.8. The van der Waals surface area contributed by atoms with Gasteiger partial charge < -0.3 is 4.74 Å². The lowest BCUT2D eigenvalue weighted by atomic mass is 10.1. The number of sulfonamides is 1. The van der Waals surface area contributed by atoms with E-state index in [-0.39, 0.29) is 22.0 Å². The fraction of sp³-hybridized carbons (Fsp3) is 0.188. The van der Waals surface area contributed by atoms with Gasteiger partial charge >= 0.3 is 5.97 Å². The first-order valence-corrected chi connectivity index (χ1v) is 8.62. The van der Waals surface area contributed by atoms with E-state index in [1.807, 2.05) is 31.2 Å². The zero-order valence-electron chi connectivity index (χ0n) is 12.7. The highest BCUT2D eigenvalue weighted by Crippen LogP contribution is 2.21. The van der Waals surface area contributed by atoms with Crippen LogP contribution in [0, 0.1) is 6.92 Å². The number of carbonyl (C=O) groups is 1. The number of benzene rings is 2. The molecule has 0 bridgehead atoms. The summed E-state index contributed by atoms with van der Waals surface area (Å²) in [5, 5.41) is 0.134. The van der Waals surface area contributed by atoms with E-state index in [0.717, 1.165) is 11.1 Å². The smallest absolute Gasteiger partial charge is 0.339 e. The molecule has 0 aliphatic carbocycles. The molecule has 0 saturated heterocycles. The van der Waals surface area contributed by atoms with Crippen LogP contribution in [-0.4, -0.2) is 21.5 Å². The minimum Gasteiger partial charge on any atom is -0.465 e. The molecule has 0 aliphatic rings. The summed E-state index contributed by atoms with van der Waals surface area (Å²) in [4.78, 5) is 11.6. The van der Waals surface area contributed by atoms with Crippen LogP contribution >= 0.6 is 11.6 Å². The number of esters is 1. The van der Waals surface area contributed by atoms with Gasteiger partial charge in [0.25, 0.3) is 0 Å². The number of nitrogens with one attached hydrogen (secondary N) is 1. The van der Waals surface area contributed by atoms with Gasteiger partial charge in [-0.1, -0.05) is 41.4 Å². The van der Waals surface area contributed by atoms with Gasteiger partial charge in [-0.3, -0.25) is 0 Å². The molecule has 0 aliphatic heterocycles. The first-order chi connectivity index (χ1) is 10.8. The summed E-state index contributed by atoms with van der Waals surface area (Å²) in [6.45, 7) is 2.08. The minimum absolute atomic E-state index is 0.00703. The third-order valence-electron chi connectivity index (χ3n) is 3.20. The molecule has 5 nitrogen and oxygen atoms in total. The first-order valence-electron chi connectivity index (χ1n) is 6.76. The number of hydrogen-bond acceptors (Lipinski definition) is 4. The van der Waals surface area contributed by atoms with Gasteiger partial charge in [0.2, 0.25) is 10.0 Å². The number of ether oxygens (including phenoxy) is 1. The monoisotopic (exact) mass is 353 g/mol. The van der Waals surface area contributed by atoms with Crippen molar-refractivity contribution in [3.8, 4) is 0 Å². The van der Waals surface area contributed by atoms with Crippen molar-refractivity contribution in [2.75, 3.05) is 7.11 Å². The Morgan fingerprint density at radius 3 is 2.61 bits per heavy atom. The number of carbonyl (C=O) groups excluding carboxylic acids is 1. The molecule has 0 unspecified atom stereocenters. The van der Waals surface area contributed by atoms with Crippen LogP contribution in [0.1, 0.15) is 21.5 Å². The maximum absolute atomic E-state index is 12.4. The van der Waals surface area contributed by atoms with Gasteiger partial charge in [0.1, 0.15) is 0 Å². The van der Waals surface area contributed by atoms with E-state index < -0.39 is 16.0 Å². The van der Waals surface area contributed by atoms with Crippen LogP contribution in [0.15, 0.2) is 47.4 Å².